The molecule has 0 bridgehead atoms. The smallest absolute Gasteiger partial charge is 0.318 e. The van der Waals surface area contributed by atoms with Crippen LogP contribution in [0.5, 0.6) is 0 Å². The molecular formula is C15H20O4. The third-order valence-electron chi connectivity index (χ3n) is 3.32. The van der Waals surface area contributed by atoms with Crippen molar-refractivity contribution in [2.24, 2.45) is 11.8 Å². The van der Waals surface area contributed by atoms with Crippen molar-refractivity contribution in [1.82, 2.24) is 0 Å². The fraction of sp³-hybridized carbons (Fsp3) is 0.467. The molecule has 1 aliphatic rings. The normalized spacial score (nSPS) is 15.4. The van der Waals surface area contributed by atoms with Crippen molar-refractivity contribution in [2.75, 3.05) is 0 Å². The Hall–Kier alpha value is -1.84. The number of rotatable bonds is 3. The summed E-state index contributed by atoms with van der Waals surface area (Å²) in [6.45, 7) is 0. The highest BCUT2D eigenvalue weighted by Gasteiger charge is 2.35. The molecule has 1 aromatic rings. The molecule has 1 fully saturated rings. The van der Waals surface area contributed by atoms with Crippen LogP contribution in [0.25, 0.3) is 0 Å². The molecule has 0 aromatic heterocycles. The Labute approximate surface area is 113 Å². The van der Waals surface area contributed by atoms with Crippen molar-refractivity contribution in [3.8, 4) is 0 Å². The summed E-state index contributed by atoms with van der Waals surface area (Å²) in [5, 5.41) is 17.4. The lowest BCUT2D eigenvalue weighted by Gasteiger charge is -2.24. The summed E-state index contributed by atoms with van der Waals surface area (Å²) in [4.78, 5) is 21.3. The van der Waals surface area contributed by atoms with Crippen LogP contribution in [-0.4, -0.2) is 22.2 Å². The number of aliphatic carboxylic acids is 2. The highest BCUT2D eigenvalue weighted by Crippen LogP contribution is 2.30. The lowest BCUT2D eigenvalue weighted by Crippen LogP contribution is -2.32. The number of hydrogen-bond acceptors (Lipinski definition) is 2. The molecule has 0 spiro atoms. The molecule has 2 N–H and O–H groups in total. The van der Waals surface area contributed by atoms with E-state index in [1.807, 2.05) is 36.4 Å². The zero-order chi connectivity index (χ0) is 14.1. The molecule has 4 nitrogen and oxygen atoms in total. The standard InChI is InChI=1S/C9H14O4.C6H6/c10-8(11)7(9(12)13)6-4-2-1-3-5-6;1-2-4-6-5-3-1/h6-7H,1-5H2,(H,10,11)(H,12,13);1-6H. The fourth-order valence-corrected chi connectivity index (χ4v) is 2.36. The van der Waals surface area contributed by atoms with Crippen molar-refractivity contribution in [2.45, 2.75) is 32.1 Å². The van der Waals surface area contributed by atoms with Crippen LogP contribution >= 0.6 is 0 Å². The van der Waals surface area contributed by atoms with Crippen molar-refractivity contribution < 1.29 is 19.8 Å². The molecule has 0 amide bonds. The second-order valence-electron chi connectivity index (χ2n) is 4.71. The zero-order valence-corrected chi connectivity index (χ0v) is 10.9. The van der Waals surface area contributed by atoms with Gasteiger partial charge in [0.05, 0.1) is 0 Å². The van der Waals surface area contributed by atoms with Gasteiger partial charge in [0.1, 0.15) is 0 Å². The van der Waals surface area contributed by atoms with E-state index in [9.17, 15) is 9.59 Å². The minimum absolute atomic E-state index is 0.163. The topological polar surface area (TPSA) is 74.6 Å². The Balaban J connectivity index is 0.000000250. The summed E-state index contributed by atoms with van der Waals surface area (Å²) in [5.41, 5.74) is 0. The maximum Gasteiger partial charge on any atom is 0.318 e. The Morgan fingerprint density at radius 3 is 1.47 bits per heavy atom. The van der Waals surface area contributed by atoms with Crippen molar-refractivity contribution in [1.29, 1.82) is 0 Å². The summed E-state index contributed by atoms with van der Waals surface area (Å²) in [7, 11) is 0. The van der Waals surface area contributed by atoms with E-state index in [2.05, 4.69) is 0 Å². The van der Waals surface area contributed by atoms with Gasteiger partial charge >= 0.3 is 11.9 Å². The third-order valence-corrected chi connectivity index (χ3v) is 3.32. The average molecular weight is 264 g/mol. The van der Waals surface area contributed by atoms with Gasteiger partial charge in [0, 0.05) is 0 Å². The van der Waals surface area contributed by atoms with E-state index in [1.54, 1.807) is 0 Å². The van der Waals surface area contributed by atoms with E-state index >= 15 is 0 Å². The number of benzene rings is 1. The van der Waals surface area contributed by atoms with Gasteiger partial charge in [0.2, 0.25) is 0 Å². The first-order chi connectivity index (χ1) is 9.13. The highest BCUT2D eigenvalue weighted by atomic mass is 16.4. The number of carboxylic acids is 2. The Morgan fingerprint density at radius 1 is 0.789 bits per heavy atom. The molecule has 0 heterocycles. The van der Waals surface area contributed by atoms with E-state index in [1.165, 1.54) is 0 Å². The maximum atomic E-state index is 10.7. The van der Waals surface area contributed by atoms with E-state index in [0.29, 0.717) is 0 Å². The van der Waals surface area contributed by atoms with Crippen molar-refractivity contribution in [3.63, 3.8) is 0 Å². The van der Waals surface area contributed by atoms with Gasteiger partial charge in [0.15, 0.2) is 5.92 Å². The van der Waals surface area contributed by atoms with Crippen molar-refractivity contribution >= 4 is 11.9 Å². The molecular weight excluding hydrogens is 244 g/mol. The Kier molecular flexibility index (Phi) is 6.64. The summed E-state index contributed by atoms with van der Waals surface area (Å²) in [5.74, 6) is -3.75. The van der Waals surface area contributed by atoms with Crippen LogP contribution in [0.2, 0.25) is 0 Å². The van der Waals surface area contributed by atoms with Gasteiger partial charge in [-0.2, -0.15) is 0 Å². The van der Waals surface area contributed by atoms with Crippen LogP contribution in [0.3, 0.4) is 0 Å². The third kappa shape index (κ3) is 5.55. The summed E-state index contributed by atoms with van der Waals surface area (Å²) in [6, 6.07) is 12.0. The summed E-state index contributed by atoms with van der Waals surface area (Å²) in [6.07, 6.45) is 4.50. The largest absolute Gasteiger partial charge is 0.481 e. The van der Waals surface area contributed by atoms with Gasteiger partial charge < -0.3 is 10.2 Å². The molecule has 0 saturated heterocycles. The first kappa shape index (κ1) is 15.2. The summed E-state index contributed by atoms with van der Waals surface area (Å²) < 4.78 is 0. The van der Waals surface area contributed by atoms with Crippen LogP contribution in [0.4, 0.5) is 0 Å². The number of carboxylic acid groups (broad SMARTS) is 2. The van der Waals surface area contributed by atoms with Gasteiger partial charge in [-0.1, -0.05) is 55.7 Å². The predicted molar refractivity (Wildman–Crippen MR) is 71.8 cm³/mol. The first-order valence-corrected chi connectivity index (χ1v) is 6.58. The van der Waals surface area contributed by atoms with E-state index in [4.69, 9.17) is 10.2 Å². The first-order valence-electron chi connectivity index (χ1n) is 6.58. The van der Waals surface area contributed by atoms with E-state index in [0.717, 1.165) is 32.1 Å². The van der Waals surface area contributed by atoms with Gasteiger partial charge in [-0.25, -0.2) is 0 Å². The van der Waals surface area contributed by atoms with Crippen LogP contribution in [0.1, 0.15) is 32.1 Å². The van der Waals surface area contributed by atoms with Crippen LogP contribution in [-0.2, 0) is 9.59 Å². The fourth-order valence-electron chi connectivity index (χ4n) is 2.36. The Morgan fingerprint density at radius 2 is 1.16 bits per heavy atom. The molecule has 1 aromatic carbocycles. The highest BCUT2D eigenvalue weighted by molar-refractivity contribution is 5.93. The van der Waals surface area contributed by atoms with E-state index < -0.39 is 17.9 Å². The van der Waals surface area contributed by atoms with Crippen LogP contribution < -0.4 is 0 Å². The monoisotopic (exact) mass is 264 g/mol. The summed E-state index contributed by atoms with van der Waals surface area (Å²) >= 11 is 0. The van der Waals surface area contributed by atoms with Gasteiger partial charge in [-0.3, -0.25) is 9.59 Å². The average Bonchev–Trinajstić information content (AvgIpc) is 2.42. The zero-order valence-electron chi connectivity index (χ0n) is 10.9. The van der Waals surface area contributed by atoms with E-state index in [-0.39, 0.29) is 5.92 Å². The molecule has 1 saturated carbocycles. The molecule has 1 aliphatic carbocycles. The molecule has 104 valence electrons. The van der Waals surface area contributed by atoms with Gasteiger partial charge in [-0.05, 0) is 18.8 Å². The molecule has 19 heavy (non-hydrogen) atoms. The second-order valence-corrected chi connectivity index (χ2v) is 4.71. The molecule has 4 heteroatoms. The Bertz CT molecular complexity index is 342. The minimum atomic E-state index is -1.19. The number of carbonyl (C=O) groups is 2. The van der Waals surface area contributed by atoms with Crippen LogP contribution in [0.15, 0.2) is 36.4 Å². The molecule has 0 unspecified atom stereocenters. The lowest BCUT2D eigenvalue weighted by atomic mass is 9.80. The SMILES string of the molecule is O=C(O)C(C(=O)O)C1CCCCC1.c1ccccc1. The minimum Gasteiger partial charge on any atom is -0.481 e. The van der Waals surface area contributed by atoms with Crippen LogP contribution in [0, 0.1) is 11.8 Å². The molecule has 0 aliphatic heterocycles. The molecule has 0 atom stereocenters. The quantitative estimate of drug-likeness (QED) is 0.823. The van der Waals surface area contributed by atoms with Gasteiger partial charge in [0.25, 0.3) is 0 Å². The predicted octanol–water partition coefficient (Wildman–Crippen LogP) is 3.04. The number of hydrogen-bond donors (Lipinski definition) is 2. The maximum absolute atomic E-state index is 10.7. The molecule has 2 rings (SSSR count). The molecule has 0 radical (unpaired) electrons. The van der Waals surface area contributed by atoms with Crippen molar-refractivity contribution in [3.05, 3.63) is 36.4 Å². The second kappa shape index (κ2) is 8.29. The van der Waals surface area contributed by atoms with Gasteiger partial charge in [-0.15, -0.1) is 0 Å². The lowest BCUT2D eigenvalue weighted by molar-refractivity contribution is -0.157.